The van der Waals surface area contributed by atoms with Crippen LogP contribution in [-0.2, 0) is 16.0 Å². The molecule has 0 aromatic heterocycles. The molecule has 33 valence electrons. The molecule has 0 amide bonds. The van der Waals surface area contributed by atoms with Crippen molar-refractivity contribution in [2.24, 2.45) is 0 Å². The maximum absolute atomic E-state index is 6.50. The molecule has 0 fully saturated rings. The van der Waals surface area contributed by atoms with Gasteiger partial charge in [-0.25, -0.2) is 5.26 Å². The Hall–Kier alpha value is 0.113. The first-order chi connectivity index (χ1) is 2.73. The summed E-state index contributed by atoms with van der Waals surface area (Å²) in [5, 5.41) is 6.50. The van der Waals surface area contributed by atoms with Gasteiger partial charge in [0.25, 0.3) is 0 Å². The van der Waals surface area contributed by atoms with Gasteiger partial charge in [-0.2, -0.15) is 0 Å². The normalized spacial score (nSPS) is 4.83. The van der Waals surface area contributed by atoms with E-state index in [-0.39, 0.29) is 0 Å². The molecule has 1 nitrogen and oxygen atoms in total. The molecule has 0 heterocycles. The number of nitrogens with zero attached hydrogens (tertiary/aromatic N) is 1. The molecule has 0 unspecified atom stereocenters. The summed E-state index contributed by atoms with van der Waals surface area (Å²) in [6, 6.07) is 0. The van der Waals surface area contributed by atoms with Crippen molar-refractivity contribution < 1.29 is 16.0 Å². The van der Waals surface area contributed by atoms with E-state index < -0.39 is 16.0 Å². The monoisotopic (exact) mass is 136 g/mol. The second-order valence-electron chi connectivity index (χ2n) is 2.12. The Bertz CT molecular complexity index is 29.0. The van der Waals surface area contributed by atoms with E-state index in [2.05, 4.69) is 23.1 Å². The zero-order valence-electron chi connectivity index (χ0n) is 4.73. The van der Waals surface area contributed by atoms with Crippen molar-refractivity contribution >= 4 is 0 Å². The van der Waals surface area contributed by atoms with Gasteiger partial charge in [0, 0.05) is 6.57 Å². The Kier molecular flexibility index (Phi) is 14.1. The van der Waals surface area contributed by atoms with Gasteiger partial charge in [0.05, 0.1) is 0 Å². The first-order valence-electron chi connectivity index (χ1n) is 2.38. The zero-order chi connectivity index (χ0) is 5.58. The van der Waals surface area contributed by atoms with Gasteiger partial charge in [-0.05, 0) is 0 Å². The van der Waals surface area contributed by atoms with Crippen molar-refractivity contribution in [1.29, 1.82) is 5.26 Å². The van der Waals surface area contributed by atoms with Gasteiger partial charge in [-0.15, -0.1) is 0 Å². The molecule has 0 spiro atoms. The molecule has 0 saturated heterocycles. The topological polar surface area (TPSA) is 23.8 Å². The van der Waals surface area contributed by atoms with E-state index >= 15 is 0 Å². The summed E-state index contributed by atoms with van der Waals surface area (Å²) in [6.07, 6.45) is 0. The predicted molar refractivity (Wildman–Crippen MR) is 24.3 cm³/mol. The van der Waals surface area contributed by atoms with E-state index in [4.69, 9.17) is 5.26 Å². The third kappa shape index (κ3) is 3100. The molecule has 0 radical (unpaired) electrons. The van der Waals surface area contributed by atoms with Crippen molar-refractivity contribution in [3.05, 3.63) is 0 Å². The summed E-state index contributed by atoms with van der Waals surface area (Å²) in [7, 11) is 0. The fraction of sp³-hybridized carbons (Fsp3) is 0.750. The number of rotatable bonds is 0. The summed E-state index contributed by atoms with van der Waals surface area (Å²) in [5.41, 5.74) is 7.12. The molecule has 6 heavy (non-hydrogen) atoms. The van der Waals surface area contributed by atoms with Gasteiger partial charge in [0.1, 0.15) is 0 Å². The van der Waals surface area contributed by atoms with Crippen molar-refractivity contribution in [3.63, 3.8) is 0 Å². The quantitative estimate of drug-likeness (QED) is 0.468. The van der Waals surface area contributed by atoms with Crippen LogP contribution in [0.4, 0.5) is 0 Å². The first-order valence-corrected chi connectivity index (χ1v) is 11.3. The van der Waals surface area contributed by atoms with Crippen molar-refractivity contribution in [2.45, 2.75) is 16.6 Å². The maximum atomic E-state index is 6.50. The summed E-state index contributed by atoms with van der Waals surface area (Å²) >= 11 is -0.625. The van der Waals surface area contributed by atoms with Crippen LogP contribution in [-0.4, -0.2) is 0 Å². The standard InChI is InChI=1S/CHN.3CH3.Zn/c1-2;;;;/h1H;3*1H3;. The predicted octanol–water partition coefficient (Wildman–Crippen LogP) is 1.89. The van der Waals surface area contributed by atoms with Crippen LogP contribution in [0.5, 0.6) is 0 Å². The van der Waals surface area contributed by atoms with Crippen molar-refractivity contribution in [1.82, 2.24) is 0 Å². The minimum absolute atomic E-state index is 0.625. The van der Waals surface area contributed by atoms with Gasteiger partial charge in [-0.3, -0.25) is 0 Å². The molecule has 0 bridgehead atoms. The van der Waals surface area contributed by atoms with Crippen LogP contribution in [0.15, 0.2) is 0 Å². The van der Waals surface area contributed by atoms with Gasteiger partial charge in [0.15, 0.2) is 0 Å². The first kappa shape index (κ1) is 9.45. The van der Waals surface area contributed by atoms with Crippen LogP contribution in [0.3, 0.4) is 0 Å². The number of hydrogen-bond donors (Lipinski definition) is 0. The summed E-state index contributed by atoms with van der Waals surface area (Å²) in [5.74, 6) is 0. The summed E-state index contributed by atoms with van der Waals surface area (Å²) in [6.45, 7) is 3.50. The number of hydrogen-bond acceptors (Lipinski definition) is 1. The van der Waals surface area contributed by atoms with E-state index in [1.54, 1.807) is 0 Å². The molecular weight excluding hydrogens is 127 g/mol. The second-order valence-corrected chi connectivity index (χ2v) is 11.0. The molecule has 0 N–H and O–H groups in total. The molecule has 2 heteroatoms. The summed E-state index contributed by atoms with van der Waals surface area (Å²) in [4.78, 5) is 0. The molecule has 0 saturated carbocycles. The SMILES string of the molecule is C#N.[CH3][Zn]([CH3])[CH3]. The van der Waals surface area contributed by atoms with Crippen LogP contribution in [0.25, 0.3) is 0 Å². The second kappa shape index (κ2) is 8.93. The van der Waals surface area contributed by atoms with E-state index in [0.717, 1.165) is 0 Å². The van der Waals surface area contributed by atoms with Crippen LogP contribution in [0.2, 0.25) is 16.6 Å². The van der Waals surface area contributed by atoms with Crippen molar-refractivity contribution in [3.8, 4) is 6.57 Å². The van der Waals surface area contributed by atoms with Crippen LogP contribution < -0.4 is 0 Å². The van der Waals surface area contributed by atoms with E-state index in [9.17, 15) is 0 Å². The van der Waals surface area contributed by atoms with Crippen LogP contribution >= 0.6 is 0 Å². The van der Waals surface area contributed by atoms with Crippen LogP contribution in [0, 0.1) is 11.8 Å². The van der Waals surface area contributed by atoms with Gasteiger partial charge in [0.2, 0.25) is 0 Å². The number of nitriles is 1. The Balaban J connectivity index is 0. The zero-order valence-corrected chi connectivity index (χ0v) is 7.70. The van der Waals surface area contributed by atoms with Gasteiger partial charge >= 0.3 is 32.5 Å². The minimum atomic E-state index is -0.625. The van der Waals surface area contributed by atoms with Crippen molar-refractivity contribution in [2.75, 3.05) is 0 Å². The Labute approximate surface area is 44.9 Å². The van der Waals surface area contributed by atoms with Gasteiger partial charge in [-0.1, -0.05) is 0 Å². The Morgan fingerprint density at radius 2 is 1.17 bits per heavy atom. The average molecular weight is 138 g/mol. The van der Waals surface area contributed by atoms with Crippen LogP contribution in [0.1, 0.15) is 0 Å². The molecule has 0 atom stereocenters. The van der Waals surface area contributed by atoms with E-state index in [0.29, 0.717) is 0 Å². The molecule has 0 aliphatic rings. The Morgan fingerprint density at radius 3 is 1.17 bits per heavy atom. The fourth-order valence-corrected chi connectivity index (χ4v) is 0. The molecule has 0 aromatic carbocycles. The Morgan fingerprint density at radius 1 is 1.17 bits per heavy atom. The summed E-state index contributed by atoms with van der Waals surface area (Å²) < 4.78 is 0. The molecule has 0 aliphatic carbocycles. The molecule has 0 rings (SSSR count). The fourth-order valence-electron chi connectivity index (χ4n) is 0. The molecular formula is C4H10NZn. The average Bonchev–Trinajstić information content (AvgIpc) is 1.41. The van der Waals surface area contributed by atoms with E-state index in [1.165, 1.54) is 0 Å². The van der Waals surface area contributed by atoms with Gasteiger partial charge < -0.3 is 0 Å². The third-order valence-corrected chi connectivity index (χ3v) is 0. The molecule has 0 aromatic rings. The molecule has 0 aliphatic heterocycles. The third-order valence-electron chi connectivity index (χ3n) is 0. The van der Waals surface area contributed by atoms with E-state index in [1.807, 2.05) is 0 Å².